The van der Waals surface area contributed by atoms with Crippen LogP contribution in [0, 0.1) is 5.92 Å². The average Bonchev–Trinajstić information content (AvgIpc) is 2.71. The maximum absolute atomic E-state index is 12.7. The molecule has 0 aliphatic heterocycles. The number of ether oxygens (including phenoxy) is 2. The van der Waals surface area contributed by atoms with Gasteiger partial charge in [0.25, 0.3) is 0 Å². The molecule has 0 saturated carbocycles. The number of hydrogen-bond donors (Lipinski definition) is 1. The number of nitrogens with one attached hydrogen (secondary N) is 1. The Balaban J connectivity index is 2.05. The second-order valence-electron chi connectivity index (χ2n) is 7.37. The van der Waals surface area contributed by atoms with Crippen molar-refractivity contribution in [2.24, 2.45) is 5.92 Å². The van der Waals surface area contributed by atoms with Gasteiger partial charge in [-0.15, -0.1) is 0 Å². The van der Waals surface area contributed by atoms with Crippen molar-refractivity contribution in [1.29, 1.82) is 0 Å². The largest absolute Gasteiger partial charge is 0.493 e. The molecule has 0 aliphatic carbocycles. The van der Waals surface area contributed by atoms with E-state index in [4.69, 9.17) is 9.47 Å². The summed E-state index contributed by atoms with van der Waals surface area (Å²) in [6.07, 6.45) is 0.187. The van der Waals surface area contributed by atoms with Crippen molar-refractivity contribution in [1.82, 2.24) is 5.32 Å². The monoisotopic (exact) mass is 411 g/mol. The molecule has 6 nitrogen and oxygen atoms in total. The van der Waals surface area contributed by atoms with E-state index in [2.05, 4.69) is 5.32 Å². The van der Waals surface area contributed by atoms with Crippen LogP contribution in [0.4, 0.5) is 0 Å². The molecule has 2 rings (SSSR count). The molecule has 2 aromatic carbocycles. The van der Waals surface area contributed by atoms with E-state index in [1.54, 1.807) is 18.2 Å². The normalized spacial score (nSPS) is 11.6. The third-order valence-electron chi connectivity index (χ3n) is 4.58. The zero-order valence-electron chi connectivity index (χ0n) is 17.9. The number of ketones is 1. The zero-order chi connectivity index (χ0) is 22.1. The number of carbonyl (C=O) groups excluding carboxylic acids is 3. The van der Waals surface area contributed by atoms with Gasteiger partial charge in [0, 0.05) is 11.1 Å². The highest BCUT2D eigenvalue weighted by molar-refractivity contribution is 5.94. The molecule has 0 saturated heterocycles. The van der Waals surface area contributed by atoms with Gasteiger partial charge in [-0.2, -0.15) is 0 Å². The van der Waals surface area contributed by atoms with Crippen LogP contribution in [0.3, 0.4) is 0 Å². The second kappa shape index (κ2) is 11.1. The first kappa shape index (κ1) is 23.1. The fraction of sp³-hybridized carbons (Fsp3) is 0.375. The lowest BCUT2D eigenvalue weighted by Crippen LogP contribution is -2.45. The van der Waals surface area contributed by atoms with E-state index in [0.29, 0.717) is 23.5 Å². The zero-order valence-corrected chi connectivity index (χ0v) is 17.9. The fourth-order valence-corrected chi connectivity index (χ4v) is 2.95. The quantitative estimate of drug-likeness (QED) is 0.476. The molecule has 1 N–H and O–H groups in total. The summed E-state index contributed by atoms with van der Waals surface area (Å²) >= 11 is 0. The molecule has 1 atom stereocenters. The van der Waals surface area contributed by atoms with Gasteiger partial charge in [0.15, 0.2) is 5.78 Å². The Kier molecular flexibility index (Phi) is 8.59. The SMILES string of the molecule is CCOc1ccc(C(C)=O)cc1COC(=O)[C@@H](NC(=O)Cc1ccccc1)C(C)C. The first-order valence-corrected chi connectivity index (χ1v) is 10.1. The molecule has 160 valence electrons. The van der Waals surface area contributed by atoms with Gasteiger partial charge in [-0.05, 0) is 43.5 Å². The number of esters is 1. The van der Waals surface area contributed by atoms with Gasteiger partial charge in [0.05, 0.1) is 13.0 Å². The number of rotatable bonds is 10. The molecule has 0 fully saturated rings. The Hall–Kier alpha value is -3.15. The van der Waals surface area contributed by atoms with E-state index in [-0.39, 0.29) is 30.6 Å². The lowest BCUT2D eigenvalue weighted by Gasteiger charge is -2.21. The Morgan fingerprint density at radius 2 is 1.73 bits per heavy atom. The van der Waals surface area contributed by atoms with Crippen LogP contribution in [0.5, 0.6) is 5.75 Å². The highest BCUT2D eigenvalue weighted by atomic mass is 16.5. The minimum Gasteiger partial charge on any atom is -0.493 e. The number of benzene rings is 2. The minimum atomic E-state index is -0.771. The summed E-state index contributed by atoms with van der Waals surface area (Å²) in [6.45, 7) is 7.42. The molecule has 6 heteroatoms. The third kappa shape index (κ3) is 6.72. The minimum absolute atomic E-state index is 0.0485. The highest BCUT2D eigenvalue weighted by Crippen LogP contribution is 2.22. The summed E-state index contributed by atoms with van der Waals surface area (Å²) in [6, 6.07) is 13.6. The van der Waals surface area contributed by atoms with E-state index in [0.717, 1.165) is 5.56 Å². The molecule has 0 aliphatic rings. The number of amides is 1. The second-order valence-corrected chi connectivity index (χ2v) is 7.37. The maximum atomic E-state index is 12.7. The molecule has 0 unspecified atom stereocenters. The Morgan fingerprint density at radius 3 is 2.33 bits per heavy atom. The highest BCUT2D eigenvalue weighted by Gasteiger charge is 2.26. The molecule has 0 spiro atoms. The van der Waals surface area contributed by atoms with Crippen LogP contribution in [0.15, 0.2) is 48.5 Å². The molecule has 0 aromatic heterocycles. The molecular weight excluding hydrogens is 382 g/mol. The summed E-state index contributed by atoms with van der Waals surface area (Å²) in [5.74, 6) is -0.442. The molecule has 0 radical (unpaired) electrons. The lowest BCUT2D eigenvalue weighted by atomic mass is 10.0. The predicted octanol–water partition coefficient (Wildman–Crippen LogP) is 3.71. The van der Waals surface area contributed by atoms with Crippen LogP contribution in [-0.4, -0.2) is 30.3 Å². The Morgan fingerprint density at radius 1 is 1.03 bits per heavy atom. The lowest BCUT2D eigenvalue weighted by molar-refractivity contribution is -0.150. The van der Waals surface area contributed by atoms with Gasteiger partial charge in [-0.1, -0.05) is 44.2 Å². The summed E-state index contributed by atoms with van der Waals surface area (Å²) < 4.78 is 11.0. The van der Waals surface area contributed by atoms with E-state index < -0.39 is 12.0 Å². The summed E-state index contributed by atoms with van der Waals surface area (Å²) in [5, 5.41) is 2.77. The van der Waals surface area contributed by atoms with E-state index in [9.17, 15) is 14.4 Å². The molecule has 0 heterocycles. The first-order chi connectivity index (χ1) is 14.3. The number of carbonyl (C=O) groups is 3. The first-order valence-electron chi connectivity index (χ1n) is 10.1. The van der Waals surface area contributed by atoms with Crippen LogP contribution in [0.25, 0.3) is 0 Å². The van der Waals surface area contributed by atoms with Crippen LogP contribution in [0.2, 0.25) is 0 Å². The van der Waals surface area contributed by atoms with Crippen molar-refractivity contribution in [3.63, 3.8) is 0 Å². The van der Waals surface area contributed by atoms with Crippen LogP contribution in [-0.2, 0) is 27.4 Å². The van der Waals surface area contributed by atoms with Crippen LogP contribution >= 0.6 is 0 Å². The fourth-order valence-electron chi connectivity index (χ4n) is 2.95. The standard InChI is InChI=1S/C24H29NO5/c1-5-29-21-12-11-19(17(4)26)14-20(21)15-30-24(28)23(16(2)3)25-22(27)13-18-9-7-6-8-10-18/h6-12,14,16,23H,5,13,15H2,1-4H3,(H,25,27)/t23-/m0/s1. The van der Waals surface area contributed by atoms with E-state index in [1.165, 1.54) is 6.92 Å². The van der Waals surface area contributed by atoms with Crippen molar-refractivity contribution < 1.29 is 23.9 Å². The third-order valence-corrected chi connectivity index (χ3v) is 4.58. The van der Waals surface area contributed by atoms with Crippen molar-refractivity contribution in [3.8, 4) is 5.75 Å². The number of hydrogen-bond acceptors (Lipinski definition) is 5. The van der Waals surface area contributed by atoms with Gasteiger partial charge in [-0.3, -0.25) is 9.59 Å². The van der Waals surface area contributed by atoms with Gasteiger partial charge in [0.1, 0.15) is 18.4 Å². The van der Waals surface area contributed by atoms with Crippen molar-refractivity contribution in [2.75, 3.05) is 6.61 Å². The van der Waals surface area contributed by atoms with E-state index in [1.807, 2.05) is 51.1 Å². The summed E-state index contributed by atoms with van der Waals surface area (Å²) in [4.78, 5) is 36.8. The van der Waals surface area contributed by atoms with Crippen LogP contribution in [0.1, 0.15) is 49.2 Å². The molecule has 2 aromatic rings. The molecule has 1 amide bonds. The summed E-state index contributed by atoms with van der Waals surface area (Å²) in [7, 11) is 0. The van der Waals surface area contributed by atoms with Crippen molar-refractivity contribution in [3.05, 3.63) is 65.2 Å². The number of Topliss-reactive ketones (excluding diaryl/α,β-unsaturated/α-hetero) is 1. The van der Waals surface area contributed by atoms with Crippen molar-refractivity contribution >= 4 is 17.7 Å². The van der Waals surface area contributed by atoms with Gasteiger partial charge < -0.3 is 14.8 Å². The van der Waals surface area contributed by atoms with E-state index >= 15 is 0 Å². The molecular formula is C24H29NO5. The van der Waals surface area contributed by atoms with Gasteiger partial charge in [0.2, 0.25) is 5.91 Å². The average molecular weight is 411 g/mol. The Bertz CT molecular complexity index is 876. The maximum Gasteiger partial charge on any atom is 0.329 e. The molecule has 30 heavy (non-hydrogen) atoms. The van der Waals surface area contributed by atoms with Gasteiger partial charge >= 0.3 is 5.97 Å². The summed E-state index contributed by atoms with van der Waals surface area (Å²) in [5.41, 5.74) is 1.99. The predicted molar refractivity (Wildman–Crippen MR) is 114 cm³/mol. The topological polar surface area (TPSA) is 81.7 Å². The smallest absolute Gasteiger partial charge is 0.329 e. The van der Waals surface area contributed by atoms with Crippen LogP contribution < -0.4 is 10.1 Å². The Labute approximate surface area is 177 Å². The van der Waals surface area contributed by atoms with Gasteiger partial charge in [-0.25, -0.2) is 4.79 Å². The van der Waals surface area contributed by atoms with Crippen molar-refractivity contribution in [2.45, 2.75) is 46.8 Å². The molecule has 0 bridgehead atoms.